The number of aromatic amines is 1. The van der Waals surface area contributed by atoms with Gasteiger partial charge in [-0.15, -0.1) is 0 Å². The molecule has 3 N–H and O–H groups in total. The second-order valence-corrected chi connectivity index (χ2v) is 6.19. The van der Waals surface area contributed by atoms with E-state index in [0.29, 0.717) is 35.2 Å². The third-order valence-electron chi connectivity index (χ3n) is 4.43. The van der Waals surface area contributed by atoms with Gasteiger partial charge in [-0.05, 0) is 49.4 Å². The number of nitrogens with zero attached hydrogens (tertiary/aromatic N) is 1. The summed E-state index contributed by atoms with van der Waals surface area (Å²) in [5.74, 6) is 1.73. The highest BCUT2D eigenvalue weighted by molar-refractivity contribution is 6.04. The summed E-state index contributed by atoms with van der Waals surface area (Å²) >= 11 is 0. The minimum Gasteiger partial charge on any atom is -0.493 e. The maximum Gasteiger partial charge on any atom is 0.276 e. The van der Waals surface area contributed by atoms with Crippen LogP contribution in [0.25, 0.3) is 0 Å². The van der Waals surface area contributed by atoms with Crippen LogP contribution < -0.4 is 20.1 Å². The number of benzene rings is 2. The zero-order valence-corrected chi connectivity index (χ0v) is 14.9. The van der Waals surface area contributed by atoms with Crippen molar-refractivity contribution in [1.82, 2.24) is 15.5 Å². The Morgan fingerprint density at radius 1 is 1.11 bits per heavy atom. The smallest absolute Gasteiger partial charge is 0.276 e. The van der Waals surface area contributed by atoms with E-state index in [2.05, 4.69) is 20.8 Å². The summed E-state index contributed by atoms with van der Waals surface area (Å²) in [6.07, 6.45) is 0.792. The standard InChI is InChI=1S/C20H20N4O3/c1-26-17-4-2-3-5-18(17)27-14-8-6-13(7-9-14)22-20(25)19-15-10-11-21-12-16(15)23-24-19/h2-9,21H,10-12H2,1H3,(H,22,25)(H,23,24). The van der Waals surface area contributed by atoms with E-state index in [1.54, 1.807) is 31.4 Å². The average molecular weight is 364 g/mol. The van der Waals surface area contributed by atoms with Crippen LogP contribution in [0, 0.1) is 0 Å². The van der Waals surface area contributed by atoms with E-state index in [0.717, 1.165) is 24.2 Å². The van der Waals surface area contributed by atoms with Crippen LogP contribution in [-0.2, 0) is 13.0 Å². The van der Waals surface area contributed by atoms with Gasteiger partial charge in [0.25, 0.3) is 5.91 Å². The van der Waals surface area contributed by atoms with Gasteiger partial charge in [-0.2, -0.15) is 5.10 Å². The topological polar surface area (TPSA) is 88.3 Å². The summed E-state index contributed by atoms with van der Waals surface area (Å²) in [5, 5.41) is 13.2. The summed E-state index contributed by atoms with van der Waals surface area (Å²) in [5.41, 5.74) is 3.10. The second kappa shape index (κ2) is 7.51. The monoisotopic (exact) mass is 364 g/mol. The first-order valence-electron chi connectivity index (χ1n) is 8.73. The number of carbonyl (C=O) groups excluding carboxylic acids is 1. The molecule has 2 heterocycles. The summed E-state index contributed by atoms with van der Waals surface area (Å²) in [4.78, 5) is 12.5. The Kier molecular flexibility index (Phi) is 4.76. The number of methoxy groups -OCH3 is 1. The van der Waals surface area contributed by atoms with E-state index < -0.39 is 0 Å². The van der Waals surface area contributed by atoms with Gasteiger partial charge in [0.2, 0.25) is 0 Å². The maximum atomic E-state index is 12.5. The molecule has 1 aromatic heterocycles. The molecule has 0 saturated heterocycles. The number of anilines is 1. The van der Waals surface area contributed by atoms with Crippen LogP contribution in [0.2, 0.25) is 0 Å². The molecule has 1 aliphatic heterocycles. The van der Waals surface area contributed by atoms with Crippen molar-refractivity contribution < 1.29 is 14.3 Å². The zero-order valence-electron chi connectivity index (χ0n) is 14.9. The van der Waals surface area contributed by atoms with Gasteiger partial charge in [-0.25, -0.2) is 0 Å². The highest BCUT2D eigenvalue weighted by Crippen LogP contribution is 2.31. The molecule has 0 saturated carbocycles. The molecule has 1 amide bonds. The molecule has 0 fully saturated rings. The Labute approximate surface area is 156 Å². The molecule has 2 aromatic carbocycles. The van der Waals surface area contributed by atoms with Gasteiger partial charge < -0.3 is 20.1 Å². The lowest BCUT2D eigenvalue weighted by molar-refractivity contribution is 0.102. The third kappa shape index (κ3) is 3.63. The Morgan fingerprint density at radius 3 is 2.67 bits per heavy atom. The summed E-state index contributed by atoms with van der Waals surface area (Å²) in [7, 11) is 1.60. The number of carbonyl (C=O) groups is 1. The average Bonchev–Trinajstić information content (AvgIpc) is 3.14. The third-order valence-corrected chi connectivity index (χ3v) is 4.43. The predicted octanol–water partition coefficient (Wildman–Crippen LogP) is 3.11. The van der Waals surface area contributed by atoms with Gasteiger partial charge in [0.15, 0.2) is 17.2 Å². The van der Waals surface area contributed by atoms with Crippen LogP contribution in [0.4, 0.5) is 5.69 Å². The largest absolute Gasteiger partial charge is 0.493 e. The number of amides is 1. The molecule has 3 aromatic rings. The highest BCUT2D eigenvalue weighted by atomic mass is 16.5. The van der Waals surface area contributed by atoms with Crippen molar-refractivity contribution in [1.29, 1.82) is 0 Å². The second-order valence-electron chi connectivity index (χ2n) is 6.19. The van der Waals surface area contributed by atoms with Crippen LogP contribution in [0.5, 0.6) is 17.2 Å². The van der Waals surface area contributed by atoms with Crippen molar-refractivity contribution in [2.45, 2.75) is 13.0 Å². The normalized spacial score (nSPS) is 12.9. The number of ether oxygens (including phenoxy) is 2. The van der Waals surface area contributed by atoms with Crippen molar-refractivity contribution >= 4 is 11.6 Å². The molecule has 138 valence electrons. The van der Waals surface area contributed by atoms with Crippen LogP contribution in [-0.4, -0.2) is 29.8 Å². The predicted molar refractivity (Wildman–Crippen MR) is 101 cm³/mol. The van der Waals surface area contributed by atoms with Crippen molar-refractivity contribution in [3.8, 4) is 17.2 Å². The Morgan fingerprint density at radius 2 is 1.89 bits per heavy atom. The molecule has 0 spiro atoms. The molecule has 7 nitrogen and oxygen atoms in total. The van der Waals surface area contributed by atoms with Crippen molar-refractivity contribution in [3.05, 3.63) is 65.5 Å². The molecular weight excluding hydrogens is 344 g/mol. The van der Waals surface area contributed by atoms with E-state index in [1.807, 2.05) is 24.3 Å². The fourth-order valence-corrected chi connectivity index (χ4v) is 3.06. The molecule has 0 atom stereocenters. The minimum absolute atomic E-state index is 0.215. The Bertz CT molecular complexity index is 950. The summed E-state index contributed by atoms with van der Waals surface area (Å²) < 4.78 is 11.1. The van der Waals surface area contributed by atoms with Gasteiger partial charge in [0.05, 0.1) is 12.8 Å². The highest BCUT2D eigenvalue weighted by Gasteiger charge is 2.21. The quantitative estimate of drug-likeness (QED) is 0.647. The summed E-state index contributed by atoms with van der Waals surface area (Å²) in [6, 6.07) is 14.6. The molecule has 0 aliphatic carbocycles. The SMILES string of the molecule is COc1ccccc1Oc1ccc(NC(=O)c2n[nH]c3c2CCNC3)cc1. The number of hydrogen-bond acceptors (Lipinski definition) is 5. The van der Waals surface area contributed by atoms with E-state index in [9.17, 15) is 4.79 Å². The number of H-pyrrole nitrogens is 1. The van der Waals surface area contributed by atoms with E-state index >= 15 is 0 Å². The van der Waals surface area contributed by atoms with E-state index in [-0.39, 0.29) is 5.91 Å². The van der Waals surface area contributed by atoms with Gasteiger partial charge in [0, 0.05) is 17.8 Å². The first-order valence-corrected chi connectivity index (χ1v) is 8.73. The van der Waals surface area contributed by atoms with E-state index in [4.69, 9.17) is 9.47 Å². The first kappa shape index (κ1) is 17.1. The van der Waals surface area contributed by atoms with Crippen molar-refractivity contribution in [2.24, 2.45) is 0 Å². The van der Waals surface area contributed by atoms with E-state index in [1.165, 1.54) is 0 Å². The number of fused-ring (bicyclic) bond motifs is 1. The van der Waals surface area contributed by atoms with Crippen molar-refractivity contribution in [3.63, 3.8) is 0 Å². The first-order chi connectivity index (χ1) is 13.2. The Balaban J connectivity index is 1.45. The molecule has 0 radical (unpaired) electrons. The fraction of sp³-hybridized carbons (Fsp3) is 0.200. The molecule has 1 aliphatic rings. The van der Waals surface area contributed by atoms with Crippen LogP contribution in [0.3, 0.4) is 0 Å². The molecule has 7 heteroatoms. The molecule has 0 unspecified atom stereocenters. The number of nitrogens with one attached hydrogen (secondary N) is 3. The maximum absolute atomic E-state index is 12.5. The van der Waals surface area contributed by atoms with Crippen LogP contribution >= 0.6 is 0 Å². The number of aromatic nitrogens is 2. The zero-order chi connectivity index (χ0) is 18.6. The molecular formula is C20H20N4O3. The molecule has 4 rings (SSSR count). The van der Waals surface area contributed by atoms with Crippen molar-refractivity contribution in [2.75, 3.05) is 19.0 Å². The van der Waals surface area contributed by atoms with Gasteiger partial charge in [0.1, 0.15) is 5.75 Å². The summed E-state index contributed by atoms with van der Waals surface area (Å²) in [6.45, 7) is 1.56. The van der Waals surface area contributed by atoms with Gasteiger partial charge in [-0.1, -0.05) is 12.1 Å². The minimum atomic E-state index is -0.215. The molecule has 27 heavy (non-hydrogen) atoms. The lowest BCUT2D eigenvalue weighted by Crippen LogP contribution is -2.25. The number of rotatable bonds is 5. The van der Waals surface area contributed by atoms with Crippen LogP contribution in [0.1, 0.15) is 21.7 Å². The number of hydrogen-bond donors (Lipinski definition) is 3. The lowest BCUT2D eigenvalue weighted by Gasteiger charge is -2.13. The number of para-hydroxylation sites is 2. The lowest BCUT2D eigenvalue weighted by atomic mass is 10.1. The Hall–Kier alpha value is -3.32. The molecule has 0 bridgehead atoms. The van der Waals surface area contributed by atoms with Crippen LogP contribution in [0.15, 0.2) is 48.5 Å². The van der Waals surface area contributed by atoms with Gasteiger partial charge >= 0.3 is 0 Å². The fourth-order valence-electron chi connectivity index (χ4n) is 3.06. The van der Waals surface area contributed by atoms with Gasteiger partial charge in [-0.3, -0.25) is 9.89 Å².